The van der Waals surface area contributed by atoms with Crippen molar-refractivity contribution in [2.75, 3.05) is 50.8 Å². The molecular weight excluding hydrogens is 348 g/mol. The molecule has 4 rings (SSSR count). The molecule has 0 spiro atoms. The van der Waals surface area contributed by atoms with E-state index in [9.17, 15) is 0 Å². The lowest BCUT2D eigenvalue weighted by Gasteiger charge is -2.34. The largest absolute Gasteiger partial charge is 0.491 e. The summed E-state index contributed by atoms with van der Waals surface area (Å²) < 4.78 is 11.7. The molecular formula is C21H25ClN2O2. The summed E-state index contributed by atoms with van der Waals surface area (Å²) >= 11 is 6.00. The van der Waals surface area contributed by atoms with E-state index in [2.05, 4.69) is 34.1 Å². The number of ether oxygens (including phenoxy) is 2. The van der Waals surface area contributed by atoms with Crippen molar-refractivity contribution < 1.29 is 9.47 Å². The van der Waals surface area contributed by atoms with Crippen molar-refractivity contribution in [3.8, 4) is 5.75 Å². The Bertz CT molecular complexity index is 739. The van der Waals surface area contributed by atoms with Gasteiger partial charge in [0.15, 0.2) is 0 Å². The third kappa shape index (κ3) is 4.32. The first-order chi connectivity index (χ1) is 12.8. The minimum atomic E-state index is 0.105. The van der Waals surface area contributed by atoms with Crippen molar-refractivity contribution in [3.05, 3.63) is 59.1 Å². The highest BCUT2D eigenvalue weighted by atomic mass is 35.5. The van der Waals surface area contributed by atoms with Gasteiger partial charge in [-0.15, -0.1) is 0 Å². The fourth-order valence-corrected chi connectivity index (χ4v) is 3.91. The molecule has 138 valence electrons. The van der Waals surface area contributed by atoms with Gasteiger partial charge in [-0.2, -0.15) is 0 Å². The molecule has 2 aromatic rings. The Kier molecular flexibility index (Phi) is 5.63. The Morgan fingerprint density at radius 2 is 2.00 bits per heavy atom. The predicted molar refractivity (Wildman–Crippen MR) is 105 cm³/mol. The fourth-order valence-electron chi connectivity index (χ4n) is 3.73. The summed E-state index contributed by atoms with van der Waals surface area (Å²) in [5, 5.41) is 0.694. The molecule has 2 aliphatic rings. The number of hydrogen-bond donors (Lipinski definition) is 0. The maximum atomic E-state index is 6.00. The molecule has 0 amide bonds. The van der Waals surface area contributed by atoms with Gasteiger partial charge in [-0.1, -0.05) is 35.9 Å². The Balaban J connectivity index is 1.25. The number of halogens is 1. The van der Waals surface area contributed by atoms with Crippen LogP contribution in [0.5, 0.6) is 5.75 Å². The molecule has 5 heteroatoms. The molecule has 2 heterocycles. The quantitative estimate of drug-likeness (QED) is 0.775. The summed E-state index contributed by atoms with van der Waals surface area (Å²) in [6.07, 6.45) is 1.27. The highest BCUT2D eigenvalue weighted by Gasteiger charge is 2.23. The molecule has 1 unspecified atom stereocenters. The molecule has 2 aromatic carbocycles. The topological polar surface area (TPSA) is 24.9 Å². The van der Waals surface area contributed by atoms with E-state index >= 15 is 0 Å². The van der Waals surface area contributed by atoms with Gasteiger partial charge in [0, 0.05) is 43.4 Å². The molecule has 0 aliphatic carbocycles. The van der Waals surface area contributed by atoms with Gasteiger partial charge in [0.25, 0.3) is 0 Å². The van der Waals surface area contributed by atoms with Crippen LogP contribution in [0.3, 0.4) is 0 Å². The molecule has 26 heavy (non-hydrogen) atoms. The molecule has 0 saturated carbocycles. The number of fused-ring (bicyclic) bond motifs is 1. The first-order valence-electron chi connectivity index (χ1n) is 9.33. The maximum absolute atomic E-state index is 6.00. The first-order valence-corrected chi connectivity index (χ1v) is 9.71. The number of hydrogen-bond acceptors (Lipinski definition) is 4. The zero-order valence-electron chi connectivity index (χ0n) is 14.9. The minimum Gasteiger partial charge on any atom is -0.491 e. The molecule has 0 bridgehead atoms. The Morgan fingerprint density at radius 1 is 1.08 bits per heavy atom. The highest BCUT2D eigenvalue weighted by molar-refractivity contribution is 6.30. The number of rotatable bonds is 6. The van der Waals surface area contributed by atoms with Gasteiger partial charge in [-0.05, 0) is 36.2 Å². The van der Waals surface area contributed by atoms with Gasteiger partial charge in [0.05, 0.1) is 6.61 Å². The van der Waals surface area contributed by atoms with Crippen LogP contribution in [0.25, 0.3) is 0 Å². The van der Waals surface area contributed by atoms with Crippen LogP contribution in [-0.4, -0.2) is 56.9 Å². The lowest BCUT2D eigenvalue weighted by molar-refractivity contribution is -0.0470. The number of benzene rings is 2. The van der Waals surface area contributed by atoms with Crippen LogP contribution in [0, 0.1) is 0 Å². The van der Waals surface area contributed by atoms with E-state index in [0.29, 0.717) is 11.6 Å². The average molecular weight is 373 g/mol. The van der Waals surface area contributed by atoms with E-state index < -0.39 is 0 Å². The van der Waals surface area contributed by atoms with E-state index in [4.69, 9.17) is 21.1 Å². The molecule has 0 radical (unpaired) electrons. The number of nitrogens with zero attached hydrogens (tertiary/aromatic N) is 2. The molecule has 1 saturated heterocycles. The van der Waals surface area contributed by atoms with Crippen LogP contribution in [0.15, 0.2) is 48.5 Å². The van der Waals surface area contributed by atoms with Gasteiger partial charge in [-0.3, -0.25) is 4.90 Å². The van der Waals surface area contributed by atoms with Gasteiger partial charge in [-0.25, -0.2) is 0 Å². The summed E-state index contributed by atoms with van der Waals surface area (Å²) in [5.74, 6) is 0.798. The molecule has 4 nitrogen and oxygen atoms in total. The van der Waals surface area contributed by atoms with E-state index in [1.165, 1.54) is 11.3 Å². The summed E-state index contributed by atoms with van der Waals surface area (Å²) in [5.41, 5.74) is 2.88. The van der Waals surface area contributed by atoms with Crippen LogP contribution in [-0.2, 0) is 11.2 Å². The van der Waals surface area contributed by atoms with Gasteiger partial charge < -0.3 is 14.4 Å². The summed E-state index contributed by atoms with van der Waals surface area (Å²) in [6, 6.07) is 16.3. The first kappa shape index (κ1) is 17.7. The van der Waals surface area contributed by atoms with Crippen LogP contribution >= 0.6 is 11.6 Å². The van der Waals surface area contributed by atoms with Crippen molar-refractivity contribution >= 4 is 17.3 Å². The molecule has 0 aromatic heterocycles. The Hall–Kier alpha value is -1.75. The third-order valence-corrected chi connectivity index (χ3v) is 5.36. The van der Waals surface area contributed by atoms with E-state index in [0.717, 1.165) is 51.5 Å². The van der Waals surface area contributed by atoms with Gasteiger partial charge >= 0.3 is 0 Å². The second-order valence-electron chi connectivity index (χ2n) is 6.93. The lowest BCUT2D eigenvalue weighted by atomic mass is 10.2. The van der Waals surface area contributed by atoms with Crippen molar-refractivity contribution in [1.29, 1.82) is 0 Å². The molecule has 0 N–H and O–H groups in total. The number of anilines is 1. The van der Waals surface area contributed by atoms with Gasteiger partial charge in [0.2, 0.25) is 0 Å². The van der Waals surface area contributed by atoms with Crippen LogP contribution in [0.4, 0.5) is 5.69 Å². The normalized spacial score (nSPS) is 20.2. The van der Waals surface area contributed by atoms with Crippen molar-refractivity contribution in [3.63, 3.8) is 0 Å². The van der Waals surface area contributed by atoms with E-state index in [1.54, 1.807) is 0 Å². The summed E-state index contributed by atoms with van der Waals surface area (Å²) in [6.45, 7) is 6.48. The maximum Gasteiger partial charge on any atom is 0.120 e. The Morgan fingerprint density at radius 3 is 2.92 bits per heavy atom. The lowest BCUT2D eigenvalue weighted by Crippen LogP contribution is -2.47. The van der Waals surface area contributed by atoms with Crippen LogP contribution in [0.2, 0.25) is 5.02 Å². The fraction of sp³-hybridized carbons (Fsp3) is 0.429. The third-order valence-electron chi connectivity index (χ3n) is 5.12. The van der Waals surface area contributed by atoms with E-state index in [-0.39, 0.29) is 6.10 Å². The molecule has 2 aliphatic heterocycles. The smallest absolute Gasteiger partial charge is 0.120 e. The van der Waals surface area contributed by atoms with Crippen molar-refractivity contribution in [2.45, 2.75) is 12.5 Å². The summed E-state index contributed by atoms with van der Waals surface area (Å²) in [4.78, 5) is 4.98. The van der Waals surface area contributed by atoms with Crippen molar-refractivity contribution in [1.82, 2.24) is 4.90 Å². The Labute approximate surface area is 160 Å². The molecule has 1 fully saturated rings. The summed E-state index contributed by atoms with van der Waals surface area (Å²) in [7, 11) is 0. The monoisotopic (exact) mass is 372 g/mol. The molecule has 1 atom stereocenters. The number of para-hydroxylation sites is 1. The SMILES string of the molecule is Clc1cccc(OCC2CN(CCN3CCc4ccccc43)CCO2)c1. The second-order valence-corrected chi connectivity index (χ2v) is 7.36. The predicted octanol–water partition coefficient (Wildman–Crippen LogP) is 3.48. The van der Waals surface area contributed by atoms with E-state index in [1.807, 2.05) is 24.3 Å². The van der Waals surface area contributed by atoms with Crippen LogP contribution in [0.1, 0.15) is 5.56 Å². The number of morpholine rings is 1. The minimum absolute atomic E-state index is 0.105. The average Bonchev–Trinajstić information content (AvgIpc) is 3.08. The highest BCUT2D eigenvalue weighted by Crippen LogP contribution is 2.27. The van der Waals surface area contributed by atoms with Crippen molar-refractivity contribution in [2.24, 2.45) is 0 Å². The second kappa shape index (κ2) is 8.30. The van der Waals surface area contributed by atoms with Gasteiger partial charge in [0.1, 0.15) is 18.5 Å². The zero-order chi connectivity index (χ0) is 17.8. The standard InChI is InChI=1S/C21H25ClN2O2/c22-18-5-3-6-19(14-18)26-16-20-15-23(12-13-25-20)10-11-24-9-8-17-4-1-2-7-21(17)24/h1-7,14,20H,8-13,15-16H2. The van der Waals surface area contributed by atoms with Crippen LogP contribution < -0.4 is 9.64 Å². The zero-order valence-corrected chi connectivity index (χ0v) is 15.7.